The lowest BCUT2D eigenvalue weighted by Gasteiger charge is -2.31. The number of amides is 2. The van der Waals surface area contributed by atoms with E-state index in [1.54, 1.807) is 12.1 Å². The molecule has 1 aliphatic carbocycles. The largest absolute Gasteiger partial charge is 0.489 e. The van der Waals surface area contributed by atoms with Crippen molar-refractivity contribution in [3.8, 4) is 17.0 Å². The van der Waals surface area contributed by atoms with Gasteiger partial charge in [-0.15, -0.1) is 11.3 Å². The van der Waals surface area contributed by atoms with E-state index in [9.17, 15) is 32.3 Å². The standard InChI is InChI=1S/C29H24F4N4O4S/c1-27(26(34)39)13-41-23-18(27)11-21(37-22(23)14-4-7-17(30)8-5-14)28(40,29(31,32)33)12-35-24(38)16-6-9-19-20(10-16)42-25(36-19)15-2-3-15/h4-11,15,40H,2-3,12-13H2,1H3,(H2,34,39)(H,35,38)/t27-,28-/m0/s1. The first-order chi connectivity index (χ1) is 19.8. The average molecular weight is 601 g/mol. The summed E-state index contributed by atoms with van der Waals surface area (Å²) in [4.78, 5) is 34.0. The molecule has 4 aromatic rings. The molecule has 2 atom stereocenters. The summed E-state index contributed by atoms with van der Waals surface area (Å²) in [5, 5.41) is 14.3. The number of pyridine rings is 1. The Hall–Kier alpha value is -4.10. The Balaban J connectivity index is 1.38. The molecule has 218 valence electrons. The van der Waals surface area contributed by atoms with E-state index >= 15 is 0 Å². The summed E-state index contributed by atoms with van der Waals surface area (Å²) in [6, 6.07) is 10.3. The van der Waals surface area contributed by atoms with Crippen molar-refractivity contribution in [3.63, 3.8) is 0 Å². The van der Waals surface area contributed by atoms with Crippen molar-refractivity contribution in [2.75, 3.05) is 13.2 Å². The van der Waals surface area contributed by atoms with Crippen LogP contribution >= 0.6 is 11.3 Å². The Morgan fingerprint density at radius 2 is 1.86 bits per heavy atom. The zero-order valence-corrected chi connectivity index (χ0v) is 22.9. The molecule has 2 aliphatic rings. The smallest absolute Gasteiger partial charge is 0.424 e. The Bertz CT molecular complexity index is 1740. The third kappa shape index (κ3) is 4.66. The maximum absolute atomic E-state index is 14.6. The van der Waals surface area contributed by atoms with Gasteiger partial charge in [0, 0.05) is 22.6 Å². The summed E-state index contributed by atoms with van der Waals surface area (Å²) in [6.45, 7) is -0.162. The van der Waals surface area contributed by atoms with E-state index in [-0.39, 0.29) is 34.7 Å². The number of carbonyl (C=O) groups excluding carboxylic acids is 2. The van der Waals surface area contributed by atoms with E-state index in [1.165, 1.54) is 36.5 Å². The molecule has 0 unspecified atom stereocenters. The molecule has 6 rings (SSSR count). The molecular weight excluding hydrogens is 576 g/mol. The van der Waals surface area contributed by atoms with Crippen LogP contribution in [0.3, 0.4) is 0 Å². The summed E-state index contributed by atoms with van der Waals surface area (Å²) in [6.07, 6.45) is -3.22. The average Bonchev–Trinajstić information content (AvgIpc) is 3.62. The van der Waals surface area contributed by atoms with Crippen molar-refractivity contribution in [1.82, 2.24) is 15.3 Å². The fourth-order valence-corrected chi connectivity index (χ4v) is 6.01. The molecule has 2 aromatic carbocycles. The fraction of sp³-hybridized carbons (Fsp3) is 0.310. The lowest BCUT2D eigenvalue weighted by molar-refractivity contribution is -0.265. The first kappa shape index (κ1) is 28.0. The van der Waals surface area contributed by atoms with E-state index in [2.05, 4.69) is 15.3 Å². The maximum atomic E-state index is 14.6. The van der Waals surface area contributed by atoms with Crippen molar-refractivity contribution in [1.29, 1.82) is 0 Å². The number of ether oxygens (including phenoxy) is 1. The van der Waals surface area contributed by atoms with Gasteiger partial charge in [0.05, 0.1) is 27.5 Å². The lowest BCUT2D eigenvalue weighted by Crippen LogP contribution is -2.51. The molecule has 2 amide bonds. The van der Waals surface area contributed by atoms with Gasteiger partial charge in [0.25, 0.3) is 5.91 Å². The highest BCUT2D eigenvalue weighted by atomic mass is 32.1. The number of benzene rings is 2. The van der Waals surface area contributed by atoms with Crippen LogP contribution in [-0.2, 0) is 15.8 Å². The van der Waals surface area contributed by atoms with Crippen LogP contribution in [0.5, 0.6) is 5.75 Å². The molecule has 42 heavy (non-hydrogen) atoms. The van der Waals surface area contributed by atoms with Crippen molar-refractivity contribution in [2.45, 2.75) is 42.9 Å². The number of halogens is 4. The summed E-state index contributed by atoms with van der Waals surface area (Å²) in [5.74, 6) is -1.91. The van der Waals surface area contributed by atoms with Crippen molar-refractivity contribution >= 4 is 33.4 Å². The van der Waals surface area contributed by atoms with Gasteiger partial charge >= 0.3 is 6.18 Å². The number of hydrogen-bond acceptors (Lipinski definition) is 7. The molecular formula is C29H24F4N4O4S. The Morgan fingerprint density at radius 3 is 2.50 bits per heavy atom. The SMILES string of the molecule is C[C@]1(C(N)=O)COc2c1cc([C@@](O)(CNC(=O)c1ccc3nc(C4CC4)sc3c1)C(F)(F)F)nc2-c1ccc(F)cc1. The minimum Gasteiger partial charge on any atom is -0.489 e. The van der Waals surface area contributed by atoms with Gasteiger partial charge in [0.15, 0.2) is 0 Å². The highest BCUT2D eigenvalue weighted by Gasteiger charge is 2.57. The summed E-state index contributed by atoms with van der Waals surface area (Å²) < 4.78 is 63.8. The van der Waals surface area contributed by atoms with Crippen LogP contribution < -0.4 is 15.8 Å². The normalized spacial score (nSPS) is 19.7. The van der Waals surface area contributed by atoms with Gasteiger partial charge in [0.2, 0.25) is 11.5 Å². The van der Waals surface area contributed by atoms with Crippen molar-refractivity contribution in [2.24, 2.45) is 5.73 Å². The Labute approximate surface area is 240 Å². The van der Waals surface area contributed by atoms with Gasteiger partial charge in [-0.05, 0) is 68.3 Å². The van der Waals surface area contributed by atoms with Gasteiger partial charge in [-0.2, -0.15) is 13.2 Å². The zero-order valence-electron chi connectivity index (χ0n) is 22.1. The number of aromatic nitrogens is 2. The van der Waals surface area contributed by atoms with E-state index < -0.39 is 47.1 Å². The summed E-state index contributed by atoms with van der Waals surface area (Å²) in [5.41, 5.74) is 0.286. The molecule has 8 nitrogen and oxygen atoms in total. The number of nitrogens with one attached hydrogen (secondary N) is 1. The molecule has 13 heteroatoms. The quantitative estimate of drug-likeness (QED) is 0.264. The van der Waals surface area contributed by atoms with Crippen LogP contribution in [0.1, 0.15) is 52.3 Å². The van der Waals surface area contributed by atoms with E-state index in [0.717, 1.165) is 40.7 Å². The second-order valence-electron chi connectivity index (χ2n) is 10.8. The number of thiazole rings is 1. The van der Waals surface area contributed by atoms with Crippen molar-refractivity contribution in [3.05, 3.63) is 76.2 Å². The molecule has 3 heterocycles. The second kappa shape index (κ2) is 9.73. The number of carbonyl (C=O) groups is 2. The topological polar surface area (TPSA) is 127 Å². The number of alkyl halides is 3. The number of nitrogens with zero attached hydrogens (tertiary/aromatic N) is 2. The molecule has 0 radical (unpaired) electrons. The van der Waals surface area contributed by atoms with E-state index in [1.807, 2.05) is 0 Å². The molecule has 1 aliphatic heterocycles. The molecule has 2 aromatic heterocycles. The zero-order chi connectivity index (χ0) is 30.0. The van der Waals surface area contributed by atoms with Crippen LogP contribution in [0.2, 0.25) is 0 Å². The molecule has 1 saturated carbocycles. The van der Waals surface area contributed by atoms with Gasteiger partial charge in [0.1, 0.15) is 29.3 Å². The van der Waals surface area contributed by atoms with Gasteiger partial charge < -0.3 is 20.9 Å². The molecule has 0 saturated heterocycles. The number of hydrogen-bond donors (Lipinski definition) is 3. The Morgan fingerprint density at radius 1 is 1.14 bits per heavy atom. The number of rotatable bonds is 7. The number of primary amides is 1. The highest BCUT2D eigenvalue weighted by Crippen LogP contribution is 2.48. The monoisotopic (exact) mass is 600 g/mol. The van der Waals surface area contributed by atoms with Gasteiger partial charge in [-0.25, -0.2) is 14.4 Å². The first-order valence-corrected chi connectivity index (χ1v) is 13.8. The minimum atomic E-state index is -5.31. The minimum absolute atomic E-state index is 0.0105. The number of aliphatic hydroxyl groups is 1. The fourth-order valence-electron chi connectivity index (χ4n) is 4.84. The highest BCUT2D eigenvalue weighted by molar-refractivity contribution is 7.18. The van der Waals surface area contributed by atoms with Gasteiger partial charge in [-0.1, -0.05) is 0 Å². The van der Waals surface area contributed by atoms with Crippen LogP contribution in [0, 0.1) is 5.82 Å². The first-order valence-electron chi connectivity index (χ1n) is 13.0. The second-order valence-corrected chi connectivity index (χ2v) is 11.8. The van der Waals surface area contributed by atoms with Crippen molar-refractivity contribution < 1.29 is 37.0 Å². The molecule has 0 spiro atoms. The van der Waals surface area contributed by atoms with E-state index in [4.69, 9.17) is 10.5 Å². The summed E-state index contributed by atoms with van der Waals surface area (Å²) >= 11 is 1.43. The predicted molar refractivity (Wildman–Crippen MR) is 146 cm³/mol. The predicted octanol–water partition coefficient (Wildman–Crippen LogP) is 4.69. The number of nitrogens with two attached hydrogens (primary N) is 1. The third-order valence-electron chi connectivity index (χ3n) is 7.73. The molecule has 0 bridgehead atoms. The molecule has 4 N–H and O–H groups in total. The number of fused-ring (bicyclic) bond motifs is 2. The van der Waals surface area contributed by atoms with E-state index in [0.29, 0.717) is 11.4 Å². The maximum Gasteiger partial charge on any atom is 0.424 e. The van der Waals surface area contributed by atoms with Crippen LogP contribution in [0.4, 0.5) is 17.6 Å². The third-order valence-corrected chi connectivity index (χ3v) is 8.91. The summed E-state index contributed by atoms with van der Waals surface area (Å²) in [7, 11) is 0. The van der Waals surface area contributed by atoms with Crippen LogP contribution in [-0.4, -0.2) is 46.2 Å². The van der Waals surface area contributed by atoms with Crippen LogP contribution in [0.25, 0.3) is 21.5 Å². The lowest BCUT2D eigenvalue weighted by atomic mass is 9.81. The van der Waals surface area contributed by atoms with Crippen LogP contribution in [0.15, 0.2) is 48.5 Å². The Kier molecular flexibility index (Phi) is 6.50. The molecule has 1 fully saturated rings. The van der Waals surface area contributed by atoms with Gasteiger partial charge in [-0.3, -0.25) is 9.59 Å².